The number of carbonyl (C=O) groups excluding carboxylic acids is 5. The van der Waals surface area contributed by atoms with Crippen molar-refractivity contribution >= 4 is 29.5 Å². The van der Waals surface area contributed by atoms with Crippen LogP contribution in [-0.2, 0) is 28.9 Å². The molecule has 2 aliphatic rings. The maximum absolute atomic E-state index is 11.4. The van der Waals surface area contributed by atoms with Crippen molar-refractivity contribution in [2.45, 2.75) is 25.7 Å². The van der Waals surface area contributed by atoms with Gasteiger partial charge in [0.05, 0.1) is 0 Å². The smallest absolute Gasteiger partial charge is 0.301 e. The second kappa shape index (κ2) is 5.68. The monoisotopic (exact) mass is 284 g/mol. The summed E-state index contributed by atoms with van der Waals surface area (Å²) in [7, 11) is 0. The van der Waals surface area contributed by atoms with Crippen molar-refractivity contribution in [1.82, 2.24) is 10.1 Å². The van der Waals surface area contributed by atoms with E-state index in [1.54, 1.807) is 0 Å². The molecule has 9 heteroatoms. The highest BCUT2D eigenvalue weighted by Gasteiger charge is 2.31. The number of amides is 2. The first-order valence-corrected chi connectivity index (χ1v) is 6.00. The average Bonchev–Trinajstić information content (AvgIpc) is 2.38. The van der Waals surface area contributed by atoms with Crippen molar-refractivity contribution < 1.29 is 33.6 Å². The Balaban J connectivity index is 1.88. The van der Waals surface area contributed by atoms with Gasteiger partial charge in [0.25, 0.3) is 11.8 Å². The molecule has 108 valence electrons. The first kappa shape index (κ1) is 14.0. The van der Waals surface area contributed by atoms with Crippen LogP contribution in [0.5, 0.6) is 0 Å². The number of hydrogen-bond donors (Lipinski definition) is 0. The van der Waals surface area contributed by atoms with Crippen LogP contribution in [0.25, 0.3) is 0 Å². The van der Waals surface area contributed by atoms with Gasteiger partial charge in [-0.25, -0.2) is 0 Å². The van der Waals surface area contributed by atoms with E-state index in [1.807, 2.05) is 0 Å². The standard InChI is InChI=1S/C11H12N2O7/c14-7-1-3-9(16)12(5-7)19-11(18)20-13-6-8(15)2-4-10(13)17/h1-6H2. The fraction of sp³-hybridized carbons (Fsp3) is 0.545. The molecule has 20 heavy (non-hydrogen) atoms. The zero-order valence-electron chi connectivity index (χ0n) is 10.5. The second-order valence-corrected chi connectivity index (χ2v) is 4.37. The molecule has 0 N–H and O–H groups in total. The summed E-state index contributed by atoms with van der Waals surface area (Å²) in [5.74, 6) is -1.55. The summed E-state index contributed by atoms with van der Waals surface area (Å²) in [6, 6.07) is 0. The summed E-state index contributed by atoms with van der Waals surface area (Å²) in [5, 5.41) is 1.18. The molecule has 0 unspecified atom stereocenters. The SMILES string of the molecule is O=C1CCC(=O)N(OC(=O)ON2CC(=O)CCC2=O)C1. The summed E-state index contributed by atoms with van der Waals surface area (Å²) in [4.78, 5) is 65.6. The number of carbonyl (C=O) groups is 5. The van der Waals surface area contributed by atoms with Gasteiger partial charge in [-0.05, 0) is 0 Å². The lowest BCUT2D eigenvalue weighted by molar-refractivity contribution is -0.205. The molecule has 0 spiro atoms. The fourth-order valence-electron chi connectivity index (χ4n) is 1.76. The third-order valence-corrected chi connectivity index (χ3v) is 2.80. The van der Waals surface area contributed by atoms with Crippen LogP contribution in [0.4, 0.5) is 4.79 Å². The fourth-order valence-corrected chi connectivity index (χ4v) is 1.76. The van der Waals surface area contributed by atoms with Crippen LogP contribution in [0.1, 0.15) is 25.7 Å². The van der Waals surface area contributed by atoms with Crippen molar-refractivity contribution in [3.05, 3.63) is 0 Å². The van der Waals surface area contributed by atoms with E-state index in [9.17, 15) is 24.0 Å². The lowest BCUT2D eigenvalue weighted by atomic mass is 10.1. The van der Waals surface area contributed by atoms with Gasteiger partial charge in [-0.3, -0.25) is 19.2 Å². The molecule has 2 fully saturated rings. The van der Waals surface area contributed by atoms with Gasteiger partial charge in [-0.1, -0.05) is 0 Å². The minimum absolute atomic E-state index is 0.0484. The Hall–Kier alpha value is -2.45. The molecular formula is C11H12N2O7. The number of piperidine rings is 2. The van der Waals surface area contributed by atoms with E-state index in [0.717, 1.165) is 0 Å². The second-order valence-electron chi connectivity index (χ2n) is 4.37. The normalized spacial score (nSPS) is 20.2. The quantitative estimate of drug-likeness (QED) is 0.662. The van der Waals surface area contributed by atoms with Gasteiger partial charge >= 0.3 is 6.16 Å². The molecule has 0 radical (unpaired) electrons. The van der Waals surface area contributed by atoms with E-state index < -0.39 is 18.0 Å². The molecule has 0 aromatic heterocycles. The summed E-state index contributed by atoms with van der Waals surface area (Å²) < 4.78 is 0. The van der Waals surface area contributed by atoms with E-state index in [4.69, 9.17) is 0 Å². The minimum atomic E-state index is -1.34. The van der Waals surface area contributed by atoms with Crippen molar-refractivity contribution in [1.29, 1.82) is 0 Å². The van der Waals surface area contributed by atoms with Crippen LogP contribution >= 0.6 is 0 Å². The summed E-state index contributed by atoms with van der Waals surface area (Å²) in [5.41, 5.74) is 0. The third kappa shape index (κ3) is 3.31. The molecule has 2 saturated heterocycles. The highest BCUT2D eigenvalue weighted by molar-refractivity contribution is 5.93. The number of nitrogens with zero attached hydrogens (tertiary/aromatic N) is 2. The van der Waals surface area contributed by atoms with Crippen molar-refractivity contribution in [3.8, 4) is 0 Å². The Kier molecular flexibility index (Phi) is 3.97. The molecule has 2 aliphatic heterocycles. The molecule has 2 heterocycles. The van der Waals surface area contributed by atoms with Crippen LogP contribution in [0.15, 0.2) is 0 Å². The summed E-state index contributed by atoms with van der Waals surface area (Å²) in [6.45, 7) is -0.693. The highest BCUT2D eigenvalue weighted by Crippen LogP contribution is 2.12. The number of Topliss-reactive ketones (excluding diaryl/α,β-unsaturated/α-hetero) is 2. The first-order chi connectivity index (χ1) is 9.45. The average molecular weight is 284 g/mol. The molecule has 0 aromatic rings. The Bertz CT molecular complexity index is 445. The topological polar surface area (TPSA) is 110 Å². The van der Waals surface area contributed by atoms with Gasteiger partial charge in [0.2, 0.25) is 0 Å². The summed E-state index contributed by atoms with van der Waals surface area (Å²) >= 11 is 0. The minimum Gasteiger partial charge on any atom is -0.301 e. The van der Waals surface area contributed by atoms with E-state index in [1.165, 1.54) is 0 Å². The molecular weight excluding hydrogens is 272 g/mol. The van der Waals surface area contributed by atoms with Gasteiger partial charge in [-0.2, -0.15) is 14.9 Å². The first-order valence-electron chi connectivity index (χ1n) is 6.00. The van der Waals surface area contributed by atoms with E-state index in [2.05, 4.69) is 9.68 Å². The lowest BCUT2D eigenvalue weighted by Gasteiger charge is -2.26. The summed E-state index contributed by atoms with van der Waals surface area (Å²) in [6.07, 6.45) is -1.23. The Morgan fingerprint density at radius 3 is 1.55 bits per heavy atom. The van der Waals surface area contributed by atoms with Gasteiger partial charge < -0.3 is 9.68 Å². The van der Waals surface area contributed by atoms with E-state index in [-0.39, 0.29) is 50.3 Å². The number of hydrogen-bond acceptors (Lipinski definition) is 7. The molecule has 2 amide bonds. The Labute approximate surface area is 113 Å². The maximum atomic E-state index is 11.4. The van der Waals surface area contributed by atoms with Crippen LogP contribution in [0, 0.1) is 0 Å². The van der Waals surface area contributed by atoms with Crippen LogP contribution in [0.3, 0.4) is 0 Å². The van der Waals surface area contributed by atoms with Gasteiger partial charge in [-0.15, -0.1) is 0 Å². The van der Waals surface area contributed by atoms with Gasteiger partial charge in [0.1, 0.15) is 13.1 Å². The third-order valence-electron chi connectivity index (χ3n) is 2.80. The van der Waals surface area contributed by atoms with Crippen LogP contribution in [0.2, 0.25) is 0 Å². The maximum Gasteiger partial charge on any atom is 0.559 e. The largest absolute Gasteiger partial charge is 0.559 e. The predicted octanol–water partition coefficient (Wildman–Crippen LogP) is -0.647. The zero-order valence-corrected chi connectivity index (χ0v) is 10.5. The van der Waals surface area contributed by atoms with Crippen molar-refractivity contribution in [2.75, 3.05) is 13.1 Å². The van der Waals surface area contributed by atoms with Crippen LogP contribution < -0.4 is 0 Å². The molecule has 0 aliphatic carbocycles. The zero-order chi connectivity index (χ0) is 14.7. The predicted molar refractivity (Wildman–Crippen MR) is 59.5 cm³/mol. The number of ketones is 2. The van der Waals surface area contributed by atoms with Crippen molar-refractivity contribution in [3.63, 3.8) is 0 Å². The molecule has 2 rings (SSSR count). The Morgan fingerprint density at radius 2 is 1.15 bits per heavy atom. The lowest BCUT2D eigenvalue weighted by Crippen LogP contribution is -2.45. The highest BCUT2D eigenvalue weighted by atomic mass is 16.9. The van der Waals surface area contributed by atoms with E-state index >= 15 is 0 Å². The van der Waals surface area contributed by atoms with E-state index in [0.29, 0.717) is 10.1 Å². The Morgan fingerprint density at radius 1 is 0.750 bits per heavy atom. The van der Waals surface area contributed by atoms with Crippen molar-refractivity contribution in [2.24, 2.45) is 0 Å². The molecule has 0 saturated carbocycles. The molecule has 0 aromatic carbocycles. The molecule has 9 nitrogen and oxygen atoms in total. The molecule has 0 atom stereocenters. The number of hydroxylamine groups is 4. The van der Waals surface area contributed by atoms with Gasteiger partial charge in [0, 0.05) is 25.7 Å². The number of rotatable bonds is 2. The van der Waals surface area contributed by atoms with Crippen LogP contribution in [-0.4, -0.2) is 52.8 Å². The molecule has 0 bridgehead atoms. The van der Waals surface area contributed by atoms with Gasteiger partial charge in [0.15, 0.2) is 11.6 Å².